The Labute approximate surface area is 573 Å². The molecule has 0 bridgehead atoms. The van der Waals surface area contributed by atoms with Crippen LogP contribution in [-0.4, -0.2) is 96.7 Å². The van der Waals surface area contributed by atoms with Gasteiger partial charge >= 0.3 is 39.5 Å². The van der Waals surface area contributed by atoms with E-state index < -0.39 is 97.5 Å². The van der Waals surface area contributed by atoms with Crippen molar-refractivity contribution in [2.24, 2.45) is 11.8 Å². The number of hydrogen-bond donors (Lipinski definition) is 3. The van der Waals surface area contributed by atoms with Crippen LogP contribution in [-0.2, 0) is 65.4 Å². The highest BCUT2D eigenvalue weighted by Crippen LogP contribution is 2.45. The predicted octanol–water partition coefficient (Wildman–Crippen LogP) is 21.5. The molecule has 0 fully saturated rings. The maximum atomic E-state index is 13.1. The Kier molecular flexibility index (Phi) is 64.7. The molecule has 0 saturated carbocycles. The number of ether oxygens (including phenoxy) is 4. The summed E-state index contributed by atoms with van der Waals surface area (Å²) < 4.78 is 68.5. The van der Waals surface area contributed by atoms with Crippen LogP contribution in [0.1, 0.15) is 363 Å². The SMILES string of the molecule is CCCCCC/C=C\C=C/CCCCCCCC(=O)O[C@H](COC(=O)CCCCCCCCCCCCC(C)CC)COP(=O)(O)OC[C@@H](O)COP(=O)(O)OC[C@@H](COC(=O)CCCCCCCCCCC(C)C)OC(=O)CCCCCCCCCCCCCCCC. The van der Waals surface area contributed by atoms with Crippen LogP contribution < -0.4 is 0 Å². The van der Waals surface area contributed by atoms with Gasteiger partial charge in [-0.2, -0.15) is 0 Å². The smallest absolute Gasteiger partial charge is 0.462 e. The molecule has 554 valence electrons. The number of aliphatic hydroxyl groups excluding tert-OH is 1. The van der Waals surface area contributed by atoms with Crippen LogP contribution in [0, 0.1) is 11.8 Å². The van der Waals surface area contributed by atoms with Crippen molar-refractivity contribution in [3.05, 3.63) is 24.3 Å². The molecule has 0 aromatic rings. The molecular formula is C75H142O17P2. The Morgan fingerprint density at radius 3 is 0.957 bits per heavy atom. The van der Waals surface area contributed by atoms with Gasteiger partial charge in [-0.3, -0.25) is 37.3 Å². The summed E-state index contributed by atoms with van der Waals surface area (Å²) in [6.07, 6.45) is 56.1. The normalized spacial score (nSPS) is 14.5. The van der Waals surface area contributed by atoms with Gasteiger partial charge in [-0.25, -0.2) is 9.13 Å². The van der Waals surface area contributed by atoms with Crippen molar-refractivity contribution >= 4 is 39.5 Å². The minimum atomic E-state index is -4.96. The van der Waals surface area contributed by atoms with E-state index >= 15 is 0 Å². The molecule has 0 aliphatic carbocycles. The third kappa shape index (κ3) is 66.8. The lowest BCUT2D eigenvalue weighted by Gasteiger charge is -2.21. The van der Waals surface area contributed by atoms with Crippen LogP contribution in [0.25, 0.3) is 0 Å². The molecule has 0 radical (unpaired) electrons. The molecule has 0 aromatic heterocycles. The third-order valence-electron chi connectivity index (χ3n) is 17.2. The topological polar surface area (TPSA) is 237 Å². The number of unbranched alkanes of at least 4 members (excludes halogenated alkanes) is 38. The molecule has 0 saturated heterocycles. The van der Waals surface area contributed by atoms with E-state index in [2.05, 4.69) is 65.8 Å². The predicted molar refractivity (Wildman–Crippen MR) is 381 cm³/mol. The number of phosphoric acid groups is 2. The standard InChI is InChI=1S/C75H142O17P2/c1-7-10-12-14-16-18-20-22-24-26-28-34-42-48-54-60-75(80)91-70(63-85-72(77)57-51-45-39-32-30-29-31-38-44-50-56-68(6)9-3)65-89-93(81,82)87-61-69(76)62-88-94(83,84)90-66-71(64-86-73(78)58-52-46-40-36-35-37-43-49-55-67(4)5)92-74(79)59-53-47-41-33-27-25-23-21-19-17-15-13-11-8-2/h18,20,22,24,67-71,76H,7-17,19,21,23,25-66H2,1-6H3,(H,81,82)(H,83,84)/b20-18-,24-22-/t68?,69-,70-,71-/m1/s1. The minimum Gasteiger partial charge on any atom is -0.462 e. The summed E-state index contributed by atoms with van der Waals surface area (Å²) in [5, 5.41) is 10.6. The minimum absolute atomic E-state index is 0.0848. The van der Waals surface area contributed by atoms with Gasteiger partial charge in [-0.1, -0.05) is 310 Å². The van der Waals surface area contributed by atoms with E-state index in [1.54, 1.807) is 0 Å². The molecule has 3 unspecified atom stereocenters. The summed E-state index contributed by atoms with van der Waals surface area (Å²) in [5.74, 6) is -0.615. The third-order valence-corrected chi connectivity index (χ3v) is 19.1. The van der Waals surface area contributed by atoms with Gasteiger partial charge < -0.3 is 33.8 Å². The van der Waals surface area contributed by atoms with Crippen molar-refractivity contribution in [1.29, 1.82) is 0 Å². The van der Waals surface area contributed by atoms with E-state index in [1.807, 2.05) is 0 Å². The number of allylic oxidation sites excluding steroid dienone is 4. The summed E-state index contributed by atoms with van der Waals surface area (Å²) >= 11 is 0. The highest BCUT2D eigenvalue weighted by atomic mass is 31.2. The first-order valence-corrected chi connectivity index (χ1v) is 41.3. The Hall–Kier alpha value is -2.46. The summed E-state index contributed by atoms with van der Waals surface area (Å²) in [6.45, 7) is 9.51. The van der Waals surface area contributed by atoms with Crippen LogP contribution >= 0.6 is 15.6 Å². The Morgan fingerprint density at radius 2 is 0.628 bits per heavy atom. The lowest BCUT2D eigenvalue weighted by molar-refractivity contribution is -0.161. The average molecular weight is 1380 g/mol. The second-order valence-corrected chi connectivity index (χ2v) is 30.0. The number of carbonyl (C=O) groups excluding carboxylic acids is 4. The van der Waals surface area contributed by atoms with Crippen molar-refractivity contribution in [2.45, 2.75) is 381 Å². The van der Waals surface area contributed by atoms with E-state index in [-0.39, 0.29) is 25.7 Å². The number of rotatable bonds is 72. The molecule has 0 heterocycles. The zero-order chi connectivity index (χ0) is 69.3. The molecule has 3 N–H and O–H groups in total. The van der Waals surface area contributed by atoms with Gasteiger partial charge in [0.25, 0.3) is 0 Å². The largest absolute Gasteiger partial charge is 0.472 e. The number of phosphoric ester groups is 2. The van der Waals surface area contributed by atoms with Crippen LogP contribution in [0.2, 0.25) is 0 Å². The molecule has 17 nitrogen and oxygen atoms in total. The fourth-order valence-electron chi connectivity index (χ4n) is 10.9. The maximum Gasteiger partial charge on any atom is 0.472 e. The summed E-state index contributed by atoms with van der Waals surface area (Å²) in [4.78, 5) is 72.8. The fourth-order valence-corrected chi connectivity index (χ4v) is 12.5. The zero-order valence-corrected chi connectivity index (χ0v) is 62.5. The molecular weight excluding hydrogens is 1230 g/mol. The van der Waals surface area contributed by atoms with E-state index in [4.69, 9.17) is 37.0 Å². The molecule has 0 aliphatic heterocycles. The zero-order valence-electron chi connectivity index (χ0n) is 60.7. The molecule has 0 amide bonds. The van der Waals surface area contributed by atoms with Gasteiger partial charge in [0.2, 0.25) is 0 Å². The highest BCUT2D eigenvalue weighted by molar-refractivity contribution is 7.47. The summed E-state index contributed by atoms with van der Waals surface area (Å²) in [5.41, 5.74) is 0. The van der Waals surface area contributed by atoms with Crippen molar-refractivity contribution in [2.75, 3.05) is 39.6 Å². The lowest BCUT2D eigenvalue weighted by atomic mass is 9.99. The van der Waals surface area contributed by atoms with Crippen molar-refractivity contribution < 1.29 is 80.2 Å². The van der Waals surface area contributed by atoms with Gasteiger partial charge in [0.1, 0.15) is 19.3 Å². The highest BCUT2D eigenvalue weighted by Gasteiger charge is 2.30. The first-order chi connectivity index (χ1) is 45.4. The molecule has 0 spiro atoms. The van der Waals surface area contributed by atoms with Crippen LogP contribution in [0.15, 0.2) is 24.3 Å². The van der Waals surface area contributed by atoms with E-state index in [0.717, 1.165) is 115 Å². The van der Waals surface area contributed by atoms with E-state index in [9.17, 15) is 43.2 Å². The number of aliphatic hydroxyl groups is 1. The first-order valence-electron chi connectivity index (χ1n) is 38.3. The Morgan fingerprint density at radius 1 is 0.351 bits per heavy atom. The average Bonchev–Trinajstić information content (AvgIpc) is 1.22. The van der Waals surface area contributed by atoms with Gasteiger partial charge in [-0.05, 0) is 63.2 Å². The van der Waals surface area contributed by atoms with Gasteiger partial charge in [0.05, 0.1) is 26.4 Å². The first kappa shape index (κ1) is 91.5. The molecule has 6 atom stereocenters. The molecule has 0 aromatic carbocycles. The molecule has 94 heavy (non-hydrogen) atoms. The molecule has 0 rings (SSSR count). The van der Waals surface area contributed by atoms with Crippen LogP contribution in [0.4, 0.5) is 0 Å². The fraction of sp³-hybridized carbons (Fsp3) is 0.893. The van der Waals surface area contributed by atoms with Gasteiger partial charge in [-0.15, -0.1) is 0 Å². The maximum absolute atomic E-state index is 13.1. The Bertz CT molecular complexity index is 1920. The van der Waals surface area contributed by atoms with Gasteiger partial charge in [0.15, 0.2) is 12.2 Å². The number of esters is 4. The second-order valence-electron chi connectivity index (χ2n) is 27.1. The lowest BCUT2D eigenvalue weighted by Crippen LogP contribution is -2.30. The van der Waals surface area contributed by atoms with Gasteiger partial charge in [0, 0.05) is 25.7 Å². The molecule has 19 heteroatoms. The summed E-state index contributed by atoms with van der Waals surface area (Å²) in [7, 11) is -9.92. The van der Waals surface area contributed by atoms with Crippen LogP contribution in [0.5, 0.6) is 0 Å². The van der Waals surface area contributed by atoms with Crippen LogP contribution in [0.3, 0.4) is 0 Å². The van der Waals surface area contributed by atoms with Crippen molar-refractivity contribution in [3.8, 4) is 0 Å². The van der Waals surface area contributed by atoms with Crippen molar-refractivity contribution in [1.82, 2.24) is 0 Å². The Balaban J connectivity index is 5.30. The number of carbonyl (C=O) groups is 4. The molecule has 0 aliphatic rings. The number of hydrogen-bond acceptors (Lipinski definition) is 15. The van der Waals surface area contributed by atoms with Crippen molar-refractivity contribution in [3.63, 3.8) is 0 Å². The second kappa shape index (κ2) is 66.4. The monoisotopic (exact) mass is 1380 g/mol. The van der Waals surface area contributed by atoms with E-state index in [0.29, 0.717) is 25.7 Å². The summed E-state index contributed by atoms with van der Waals surface area (Å²) in [6, 6.07) is 0. The quantitative estimate of drug-likeness (QED) is 0.0169. The van der Waals surface area contributed by atoms with E-state index in [1.165, 1.54) is 167 Å².